The van der Waals surface area contributed by atoms with E-state index in [2.05, 4.69) is 6.92 Å². The average molecular weight is 1170 g/mol. The molecule has 0 radical (unpaired) electrons. The minimum Gasteiger partial charge on any atom is -0.481 e. The van der Waals surface area contributed by atoms with E-state index in [9.17, 15) is 44.7 Å². The minimum absolute atomic E-state index is 0.00788. The van der Waals surface area contributed by atoms with Gasteiger partial charge in [0.1, 0.15) is 49.0 Å². The van der Waals surface area contributed by atoms with Crippen LogP contribution in [0.25, 0.3) is 0 Å². The molecule has 4 aliphatic heterocycles. The highest BCUT2D eigenvalue weighted by Crippen LogP contribution is 2.38. The number of ketones is 1. The number of aliphatic carboxylic acids is 1. The van der Waals surface area contributed by atoms with Gasteiger partial charge in [-0.3, -0.25) is 14.4 Å². The van der Waals surface area contributed by atoms with Crippen LogP contribution in [0.2, 0.25) is 0 Å². The minimum atomic E-state index is -1.49. The van der Waals surface area contributed by atoms with Crippen molar-refractivity contribution in [3.63, 3.8) is 0 Å². The Morgan fingerprint density at radius 1 is 0.756 bits per heavy atom. The van der Waals surface area contributed by atoms with Crippen LogP contribution >= 0.6 is 0 Å². The quantitative estimate of drug-likeness (QED) is 0.0266. The largest absolute Gasteiger partial charge is 0.481 e. The summed E-state index contributed by atoms with van der Waals surface area (Å²) in [5.74, 6) is -4.24. The van der Waals surface area contributed by atoms with Gasteiger partial charge in [-0.15, -0.1) is 0 Å². The normalized spacial score (nSPS) is 38.2. The number of unbranched alkanes of at least 4 members (excludes halogenated alkanes) is 12. The highest BCUT2D eigenvalue weighted by atomic mass is 16.7. The molecule has 82 heavy (non-hydrogen) atoms. The fourth-order valence-electron chi connectivity index (χ4n) is 11.8. The molecule has 20 heteroatoms. The zero-order valence-electron chi connectivity index (χ0n) is 51.9. The van der Waals surface area contributed by atoms with Crippen molar-refractivity contribution in [1.82, 2.24) is 4.90 Å². The van der Waals surface area contributed by atoms with E-state index in [1.165, 1.54) is 97.8 Å². The molecule has 0 bridgehead atoms. The van der Waals surface area contributed by atoms with Gasteiger partial charge in [0, 0.05) is 51.2 Å². The Labute approximate surface area is 490 Å². The molecule has 3 saturated heterocycles. The van der Waals surface area contributed by atoms with Gasteiger partial charge in [0.25, 0.3) is 0 Å². The first-order valence-corrected chi connectivity index (χ1v) is 30.7. The standard InChI is InChI=1S/C46H77NO17.C16H32O2/c1-13-33-30(22-58-45-42(57-12)41(56-11)37(52)26(5)60-45)18-23(2)14-15-31(49)24(3)19-29(16-17-48)39(25(4)32(50)20-34(51)62-33)64-44-38(53)36(47(9)10)40(27(6)61-44)63-35-21-46(8,55)43(54)28(7)59-35;1-2-3-4-5-6-7-8-9-10-11-12-13-14-15-16(17)18/h14-15,17-18,24-30,32-33,35-45,50,52-55H,13,16,19-22H2,1-12H3;2-15H2,1H3,(H,17,18)/b15-14+,23-18+;/t24-,25+,26-,27-,28+,29+,30?,32-,33-,35+,36-,37-,38-,39-,40-,41-,42-,43+,44+,45-,46-;/m1./s1. The third-order valence-electron chi connectivity index (χ3n) is 16.9. The number of aliphatic hydroxyl groups excluding tert-OH is 4. The van der Waals surface area contributed by atoms with Gasteiger partial charge in [0.05, 0.1) is 55.2 Å². The second kappa shape index (κ2) is 37.7. The summed E-state index contributed by atoms with van der Waals surface area (Å²) in [6.07, 6.45) is 8.78. The average Bonchev–Trinajstić information content (AvgIpc) is 3.41. The molecule has 0 aliphatic carbocycles. The second-order valence-electron chi connectivity index (χ2n) is 24.1. The first-order valence-electron chi connectivity index (χ1n) is 30.7. The molecule has 0 saturated carbocycles. The van der Waals surface area contributed by atoms with Crippen molar-refractivity contribution in [3.8, 4) is 0 Å². The molecule has 0 aromatic carbocycles. The van der Waals surface area contributed by atoms with Crippen LogP contribution in [-0.2, 0) is 61.8 Å². The summed E-state index contributed by atoms with van der Waals surface area (Å²) in [6, 6.07) is -0.748. The maximum absolute atomic E-state index is 13.8. The number of likely N-dealkylation sites (N-methyl/N-ethyl adjacent to an activating group) is 1. The number of ether oxygens (including phenoxy) is 9. The number of rotatable bonds is 27. The monoisotopic (exact) mass is 1170 g/mol. The second-order valence-corrected chi connectivity index (χ2v) is 24.1. The first kappa shape index (κ1) is 73.5. The summed E-state index contributed by atoms with van der Waals surface area (Å²) in [4.78, 5) is 51.8. The van der Waals surface area contributed by atoms with Crippen molar-refractivity contribution >= 4 is 24.0 Å². The van der Waals surface area contributed by atoms with E-state index in [4.69, 9.17) is 47.7 Å². The maximum atomic E-state index is 13.8. The van der Waals surface area contributed by atoms with Gasteiger partial charge in [-0.1, -0.05) is 122 Å². The molecule has 0 aromatic rings. The number of hydrogen-bond donors (Lipinski definition) is 6. The molecule has 3 fully saturated rings. The van der Waals surface area contributed by atoms with Crippen LogP contribution in [0, 0.1) is 23.7 Å². The Bertz CT molecular complexity index is 1900. The maximum Gasteiger partial charge on any atom is 0.308 e. The van der Waals surface area contributed by atoms with Crippen LogP contribution in [0.5, 0.6) is 0 Å². The van der Waals surface area contributed by atoms with E-state index in [0.717, 1.165) is 19.1 Å². The molecular formula is C62H109NO19. The molecule has 4 aliphatic rings. The number of carbonyl (C=O) groups is 4. The van der Waals surface area contributed by atoms with E-state index >= 15 is 0 Å². The third-order valence-corrected chi connectivity index (χ3v) is 16.9. The summed E-state index contributed by atoms with van der Waals surface area (Å²) >= 11 is 0. The number of aliphatic hydroxyl groups is 5. The van der Waals surface area contributed by atoms with Gasteiger partial charge in [0.2, 0.25) is 0 Å². The molecule has 4 rings (SSSR count). The van der Waals surface area contributed by atoms with E-state index in [1.807, 2.05) is 19.9 Å². The van der Waals surface area contributed by atoms with Gasteiger partial charge >= 0.3 is 11.9 Å². The summed E-state index contributed by atoms with van der Waals surface area (Å²) < 4.78 is 54.7. The summed E-state index contributed by atoms with van der Waals surface area (Å²) in [5, 5.41) is 64.3. The van der Waals surface area contributed by atoms with Gasteiger partial charge < -0.3 is 83.0 Å². The molecule has 0 aromatic heterocycles. The van der Waals surface area contributed by atoms with Crippen molar-refractivity contribution in [1.29, 1.82) is 0 Å². The Morgan fingerprint density at radius 2 is 1.34 bits per heavy atom. The smallest absolute Gasteiger partial charge is 0.308 e. The van der Waals surface area contributed by atoms with Crippen LogP contribution in [0.3, 0.4) is 0 Å². The van der Waals surface area contributed by atoms with E-state index in [0.29, 0.717) is 18.4 Å². The number of carboxylic acid groups (broad SMARTS) is 1. The van der Waals surface area contributed by atoms with Crippen LogP contribution in [0.4, 0.5) is 0 Å². The van der Waals surface area contributed by atoms with E-state index in [-0.39, 0.29) is 31.7 Å². The zero-order valence-corrected chi connectivity index (χ0v) is 51.9. The molecule has 20 nitrogen and oxygen atoms in total. The van der Waals surface area contributed by atoms with Crippen molar-refractivity contribution < 1.29 is 92.4 Å². The Balaban J connectivity index is 0.000000837. The summed E-state index contributed by atoms with van der Waals surface area (Å²) in [5.41, 5.74) is -0.806. The summed E-state index contributed by atoms with van der Waals surface area (Å²) in [6.45, 7) is 15.9. The van der Waals surface area contributed by atoms with Crippen molar-refractivity contribution in [2.75, 3.05) is 34.9 Å². The van der Waals surface area contributed by atoms with E-state index in [1.54, 1.807) is 59.7 Å². The summed E-state index contributed by atoms with van der Waals surface area (Å²) in [7, 11) is 6.43. The van der Waals surface area contributed by atoms with E-state index < -0.39 is 146 Å². The number of methoxy groups -OCH3 is 2. The molecule has 0 spiro atoms. The SMILES string of the molecule is CCCCCCCCCCCCCCCC(=O)O.CC[C@H]1OC(=O)C[C@@H](O)[C@H](C)[C@@H](O[C@@H]2O[C@H](C)[C@@H](O[C@H]3C[C@@](C)(O)[C@@H](O)[C@H](C)O3)[C@H](N(C)C)[C@H]2O)[C@@H](CC=O)C[C@@H](C)C(=O)/C=C/C(C)=C/C1CO[C@@H]1O[C@H](C)[C@@H](O)[C@@H](OC)[C@H]1OC. The molecular weight excluding hydrogens is 1060 g/mol. The van der Waals surface area contributed by atoms with Crippen molar-refractivity contribution in [2.24, 2.45) is 23.7 Å². The number of carbonyl (C=O) groups excluding carboxylic acids is 3. The Morgan fingerprint density at radius 3 is 1.88 bits per heavy atom. The number of allylic oxidation sites excluding steroid dienone is 3. The van der Waals surface area contributed by atoms with Gasteiger partial charge in [-0.25, -0.2) is 0 Å². The van der Waals surface area contributed by atoms with Crippen LogP contribution in [0.15, 0.2) is 23.8 Å². The van der Waals surface area contributed by atoms with Gasteiger partial charge in [-0.05, 0) is 80.0 Å². The lowest BCUT2D eigenvalue weighted by Crippen LogP contribution is -2.65. The highest BCUT2D eigenvalue weighted by molar-refractivity contribution is 5.91. The Hall–Kier alpha value is -2.80. The third kappa shape index (κ3) is 23.5. The lowest BCUT2D eigenvalue weighted by atomic mass is 9.79. The van der Waals surface area contributed by atoms with Crippen LogP contribution in [0.1, 0.15) is 184 Å². The molecule has 4 heterocycles. The first-order chi connectivity index (χ1) is 38.8. The Kier molecular flexibility index (Phi) is 33.8. The molecule has 1 unspecified atom stereocenters. The topological polar surface area (TPSA) is 276 Å². The molecule has 21 atom stereocenters. The van der Waals surface area contributed by atoms with Crippen LogP contribution in [-0.4, -0.2) is 198 Å². The fraction of sp³-hybridized carbons (Fsp3) is 0.871. The molecule has 6 N–H and O–H groups in total. The fourth-order valence-corrected chi connectivity index (χ4v) is 11.8. The predicted molar refractivity (Wildman–Crippen MR) is 308 cm³/mol. The number of esters is 1. The number of nitrogens with zero attached hydrogens (tertiary/aromatic N) is 1. The molecule has 0 amide bonds. The van der Waals surface area contributed by atoms with Crippen molar-refractivity contribution in [3.05, 3.63) is 23.8 Å². The lowest BCUT2D eigenvalue weighted by molar-refractivity contribution is -0.341. The predicted octanol–water partition coefficient (Wildman–Crippen LogP) is 7.39. The lowest BCUT2D eigenvalue weighted by Gasteiger charge is -2.50. The van der Waals surface area contributed by atoms with Gasteiger partial charge in [-0.2, -0.15) is 0 Å². The number of cyclic esters (lactones) is 1. The number of carboxylic acids is 1. The zero-order chi connectivity index (χ0) is 61.3. The van der Waals surface area contributed by atoms with Crippen LogP contribution < -0.4 is 0 Å². The highest BCUT2D eigenvalue weighted by Gasteiger charge is 2.52. The number of aldehydes is 1. The van der Waals surface area contributed by atoms with Gasteiger partial charge in [0.15, 0.2) is 24.7 Å². The molecule has 476 valence electrons. The number of hydrogen-bond acceptors (Lipinski definition) is 19. The van der Waals surface area contributed by atoms with Crippen molar-refractivity contribution in [2.45, 2.75) is 288 Å².